The van der Waals surface area contributed by atoms with Crippen LogP contribution in [0.5, 0.6) is 11.5 Å². The van der Waals surface area contributed by atoms with Crippen LogP contribution in [-0.2, 0) is 0 Å². The van der Waals surface area contributed by atoms with E-state index in [1.165, 1.54) is 24.5 Å². The first-order valence-corrected chi connectivity index (χ1v) is 11.3. The Bertz CT molecular complexity index is 1340. The molecule has 1 amide bonds. The summed E-state index contributed by atoms with van der Waals surface area (Å²) in [6.45, 7) is 0. The van der Waals surface area contributed by atoms with Crippen molar-refractivity contribution in [3.8, 4) is 11.5 Å². The average molecular weight is 543 g/mol. The number of rotatable bonds is 5. The summed E-state index contributed by atoms with van der Waals surface area (Å²) in [6, 6.07) is 20.6. The molecule has 0 aliphatic carbocycles. The van der Waals surface area contributed by atoms with Gasteiger partial charge in [-0.2, -0.15) is 0 Å². The predicted octanol–water partition coefficient (Wildman–Crippen LogP) is 5.71. The number of halogens is 2. The molecule has 2 aromatic carbocycles. The van der Waals surface area contributed by atoms with Crippen LogP contribution < -0.4 is 20.5 Å². The Morgan fingerprint density at radius 1 is 0.811 bits per heavy atom. The van der Waals surface area contributed by atoms with Crippen molar-refractivity contribution >= 4 is 46.5 Å². The van der Waals surface area contributed by atoms with Gasteiger partial charge in [-0.25, -0.2) is 14.8 Å². The molecule has 37 heavy (non-hydrogen) atoms. The first-order chi connectivity index (χ1) is 17.7. The van der Waals surface area contributed by atoms with Gasteiger partial charge in [0.1, 0.15) is 21.8 Å². The summed E-state index contributed by atoms with van der Waals surface area (Å²) in [5.74, 6) is 0.111. The van der Waals surface area contributed by atoms with Crippen molar-refractivity contribution in [3.63, 3.8) is 0 Å². The third kappa shape index (κ3) is 9.67. The van der Waals surface area contributed by atoms with Gasteiger partial charge in [-0.05, 0) is 48.5 Å². The highest BCUT2D eigenvalue weighted by Crippen LogP contribution is 2.19. The fourth-order valence-corrected chi connectivity index (χ4v) is 3.05. The Labute approximate surface area is 223 Å². The lowest BCUT2D eigenvalue weighted by atomic mass is 10.2. The lowest BCUT2D eigenvalue weighted by molar-refractivity contribution is 0.0696. The molecule has 0 atom stereocenters. The number of nitrogens with zero attached hydrogens (tertiary/aromatic N) is 2. The number of aromatic nitrogens is 2. The van der Waals surface area contributed by atoms with Crippen molar-refractivity contribution in [3.05, 3.63) is 107 Å². The summed E-state index contributed by atoms with van der Waals surface area (Å²) in [5.41, 5.74) is 7.19. The van der Waals surface area contributed by atoms with E-state index >= 15 is 0 Å². The number of carboxylic acids is 1. The number of methoxy groups -OCH3 is 2. The molecule has 0 saturated carbocycles. The van der Waals surface area contributed by atoms with Gasteiger partial charge in [-0.15, -0.1) is 0 Å². The van der Waals surface area contributed by atoms with Gasteiger partial charge in [0, 0.05) is 35.9 Å². The summed E-state index contributed by atoms with van der Waals surface area (Å²) in [6.07, 6.45) is 2.97. The number of anilines is 2. The van der Waals surface area contributed by atoms with Crippen LogP contribution in [0.1, 0.15) is 20.7 Å². The minimum atomic E-state index is -1.06. The lowest BCUT2D eigenvalue weighted by Gasteiger charge is -2.07. The Hall–Kier alpha value is -4.34. The number of benzene rings is 2. The molecule has 0 aliphatic rings. The van der Waals surface area contributed by atoms with Crippen molar-refractivity contribution in [1.29, 1.82) is 0 Å². The number of carbonyl (C=O) groups is 2. The molecule has 11 heteroatoms. The van der Waals surface area contributed by atoms with Crippen molar-refractivity contribution in [2.24, 2.45) is 0 Å². The maximum absolute atomic E-state index is 12.0. The van der Waals surface area contributed by atoms with Crippen LogP contribution in [0, 0.1) is 0 Å². The molecule has 0 fully saturated rings. The fraction of sp³-hybridized carbons (Fsp3) is 0.0769. The largest absolute Gasteiger partial charge is 0.497 e. The van der Waals surface area contributed by atoms with E-state index in [0.717, 1.165) is 11.4 Å². The molecule has 192 valence electrons. The standard InChI is InChI=1S/C13H11ClN2O2.C7H9NO.C6H4ClNO2/c1-18-10-5-2-4-9(8-10)16-13(17)11-6-3-7-15-12(11)14;1-9-7-4-2-3-6(8)5-7;7-5-4(6(9)10)2-1-3-8-5/h2-8H,1H3,(H,16,17);2-5H,8H2,1H3;1-3H,(H,9,10). The number of nitrogen functional groups attached to an aromatic ring is 1. The predicted molar refractivity (Wildman–Crippen MR) is 144 cm³/mol. The van der Waals surface area contributed by atoms with Crippen LogP contribution in [0.25, 0.3) is 0 Å². The zero-order valence-corrected chi connectivity index (χ0v) is 21.4. The number of carboxylic acid groups (broad SMARTS) is 1. The lowest BCUT2D eigenvalue weighted by Crippen LogP contribution is -2.12. The summed E-state index contributed by atoms with van der Waals surface area (Å²) < 4.78 is 9.99. The van der Waals surface area contributed by atoms with E-state index in [1.807, 2.05) is 18.2 Å². The van der Waals surface area contributed by atoms with Gasteiger partial charge in [0.05, 0.1) is 25.3 Å². The van der Waals surface area contributed by atoms with Crippen LogP contribution in [-0.4, -0.2) is 41.2 Å². The molecule has 9 nitrogen and oxygen atoms in total. The highest BCUT2D eigenvalue weighted by atomic mass is 35.5. The van der Waals surface area contributed by atoms with Crippen LogP contribution in [0.2, 0.25) is 10.3 Å². The zero-order valence-electron chi connectivity index (χ0n) is 19.9. The summed E-state index contributed by atoms with van der Waals surface area (Å²) in [4.78, 5) is 29.7. The van der Waals surface area contributed by atoms with Crippen LogP contribution in [0.4, 0.5) is 11.4 Å². The summed E-state index contributed by atoms with van der Waals surface area (Å²) >= 11 is 11.3. The van der Waals surface area contributed by atoms with E-state index in [9.17, 15) is 9.59 Å². The quantitative estimate of drug-likeness (QED) is 0.215. The van der Waals surface area contributed by atoms with Crippen LogP contribution in [0.15, 0.2) is 85.2 Å². The number of aromatic carboxylic acids is 1. The maximum Gasteiger partial charge on any atom is 0.338 e. The normalized spacial score (nSPS) is 9.51. The number of hydrogen-bond acceptors (Lipinski definition) is 7. The van der Waals surface area contributed by atoms with Gasteiger partial charge < -0.3 is 25.6 Å². The Kier molecular flexibility index (Phi) is 11.7. The number of nitrogens with two attached hydrogens (primary N) is 1. The third-order valence-electron chi connectivity index (χ3n) is 4.41. The van der Waals surface area contributed by atoms with E-state index < -0.39 is 5.97 Å². The number of carbonyl (C=O) groups excluding carboxylic acids is 1. The molecule has 2 heterocycles. The summed E-state index contributed by atoms with van der Waals surface area (Å²) in [7, 11) is 3.19. The molecule has 0 unspecified atom stereocenters. The number of hydrogen-bond donors (Lipinski definition) is 3. The monoisotopic (exact) mass is 542 g/mol. The first kappa shape index (κ1) is 28.9. The molecule has 0 radical (unpaired) electrons. The molecule has 0 spiro atoms. The highest BCUT2D eigenvalue weighted by molar-refractivity contribution is 6.33. The van der Waals surface area contributed by atoms with E-state index in [-0.39, 0.29) is 21.8 Å². The van der Waals surface area contributed by atoms with E-state index in [4.69, 9.17) is 43.5 Å². The Morgan fingerprint density at radius 3 is 1.81 bits per heavy atom. The Morgan fingerprint density at radius 2 is 1.35 bits per heavy atom. The molecule has 0 bridgehead atoms. The number of ether oxygens (including phenoxy) is 2. The van der Waals surface area contributed by atoms with Crippen molar-refractivity contribution in [1.82, 2.24) is 9.97 Å². The fourth-order valence-electron chi connectivity index (χ4n) is 2.64. The second kappa shape index (κ2) is 14.9. The molecule has 4 N–H and O–H groups in total. The van der Waals surface area contributed by atoms with Crippen LogP contribution >= 0.6 is 23.2 Å². The first-order valence-electron chi connectivity index (χ1n) is 10.5. The number of nitrogens with one attached hydrogen (secondary N) is 1. The number of amides is 1. The second-order valence-corrected chi connectivity index (χ2v) is 7.67. The SMILES string of the molecule is COc1cccc(N)c1.COc1cccc(NC(=O)c2cccnc2Cl)c1.O=C(O)c1cccnc1Cl. The topological polar surface area (TPSA) is 137 Å². The molecular weight excluding hydrogens is 519 g/mol. The van der Waals surface area contributed by atoms with E-state index in [0.29, 0.717) is 17.0 Å². The second-order valence-electron chi connectivity index (χ2n) is 6.95. The molecule has 0 aliphatic heterocycles. The Balaban J connectivity index is 0.000000214. The minimum Gasteiger partial charge on any atom is -0.497 e. The van der Waals surface area contributed by atoms with E-state index in [1.54, 1.807) is 56.7 Å². The van der Waals surface area contributed by atoms with Gasteiger partial charge in [0.2, 0.25) is 0 Å². The van der Waals surface area contributed by atoms with Gasteiger partial charge >= 0.3 is 5.97 Å². The van der Waals surface area contributed by atoms with Gasteiger partial charge in [-0.1, -0.05) is 35.3 Å². The van der Waals surface area contributed by atoms with Crippen molar-refractivity contribution in [2.45, 2.75) is 0 Å². The molecule has 4 rings (SSSR count). The zero-order chi connectivity index (χ0) is 27.2. The van der Waals surface area contributed by atoms with Gasteiger partial charge in [-0.3, -0.25) is 4.79 Å². The van der Waals surface area contributed by atoms with E-state index in [2.05, 4.69) is 15.3 Å². The molecule has 4 aromatic rings. The van der Waals surface area contributed by atoms with Gasteiger partial charge in [0.25, 0.3) is 5.91 Å². The molecule has 0 saturated heterocycles. The molecule has 2 aromatic heterocycles. The third-order valence-corrected chi connectivity index (χ3v) is 5.02. The average Bonchev–Trinajstić information content (AvgIpc) is 2.90. The number of pyridine rings is 2. The highest BCUT2D eigenvalue weighted by Gasteiger charge is 2.11. The van der Waals surface area contributed by atoms with Crippen LogP contribution in [0.3, 0.4) is 0 Å². The maximum atomic E-state index is 12.0. The van der Waals surface area contributed by atoms with Crippen molar-refractivity contribution < 1.29 is 24.2 Å². The minimum absolute atomic E-state index is 0.0231. The van der Waals surface area contributed by atoms with Gasteiger partial charge in [0.15, 0.2) is 0 Å². The molecular formula is C26H24Cl2N4O5. The van der Waals surface area contributed by atoms with Crippen molar-refractivity contribution in [2.75, 3.05) is 25.3 Å². The summed E-state index contributed by atoms with van der Waals surface area (Å²) in [5, 5.41) is 11.4. The smallest absolute Gasteiger partial charge is 0.338 e.